The van der Waals surface area contributed by atoms with Crippen LogP contribution < -0.4 is 0 Å². The summed E-state index contributed by atoms with van der Waals surface area (Å²) in [6, 6.07) is 3.46. The molecular weight excluding hydrogens is 280 g/mol. The number of halogens is 5. The minimum Gasteiger partial charge on any atom is -0.166 e. The Bertz CT molecular complexity index is 322. The maximum atomic E-state index is 12.3. The summed E-state index contributed by atoms with van der Waals surface area (Å²) in [5.41, 5.74) is -0.265. The second-order valence-corrected chi connectivity index (χ2v) is 3.71. The first-order valence-electron chi connectivity index (χ1n) is 3.70. The van der Waals surface area contributed by atoms with Gasteiger partial charge in [-0.3, -0.25) is 0 Å². The van der Waals surface area contributed by atoms with E-state index in [1.54, 1.807) is 6.42 Å². The fourth-order valence-corrected chi connectivity index (χ4v) is 1.60. The van der Waals surface area contributed by atoms with Crippen LogP contribution in [-0.2, 0) is 6.18 Å². The molecule has 0 heterocycles. The largest absolute Gasteiger partial charge is 0.416 e. The van der Waals surface area contributed by atoms with Crippen LogP contribution in [0.4, 0.5) is 13.2 Å². The van der Waals surface area contributed by atoms with Crippen molar-refractivity contribution < 1.29 is 13.2 Å². The van der Waals surface area contributed by atoms with E-state index < -0.39 is 11.7 Å². The van der Waals surface area contributed by atoms with Gasteiger partial charge in [-0.1, -0.05) is 27.5 Å². The first-order valence-corrected chi connectivity index (χ1v) is 5.20. The Morgan fingerprint density at radius 3 is 2.43 bits per heavy atom. The Hall–Kier alpha value is -0.220. The van der Waals surface area contributed by atoms with Crippen LogP contribution in [0.15, 0.2) is 18.2 Å². The second-order valence-electron chi connectivity index (χ2n) is 2.63. The lowest BCUT2D eigenvalue weighted by Crippen LogP contribution is -2.05. The fraction of sp³-hybridized carbons (Fsp3) is 0.222. The molecule has 0 aliphatic carbocycles. The lowest BCUT2D eigenvalue weighted by molar-refractivity contribution is -0.137. The summed E-state index contributed by atoms with van der Waals surface area (Å²) < 4.78 is 36.9. The van der Waals surface area contributed by atoms with Crippen LogP contribution in [0.25, 0.3) is 0 Å². The minimum atomic E-state index is -4.35. The van der Waals surface area contributed by atoms with Crippen molar-refractivity contribution in [2.24, 2.45) is 0 Å². The van der Waals surface area contributed by atoms with E-state index in [0.717, 1.165) is 12.1 Å². The van der Waals surface area contributed by atoms with Crippen LogP contribution >= 0.6 is 27.5 Å². The zero-order valence-corrected chi connectivity index (χ0v) is 9.25. The summed E-state index contributed by atoms with van der Waals surface area (Å²) >= 11 is 8.66. The molecule has 1 rings (SSSR count). The Labute approximate surface area is 93.2 Å². The molecule has 5 heteroatoms. The van der Waals surface area contributed by atoms with Crippen molar-refractivity contribution in [2.75, 3.05) is 5.33 Å². The van der Waals surface area contributed by atoms with Crippen LogP contribution in [0, 0.1) is 6.42 Å². The molecule has 0 aliphatic heterocycles. The second kappa shape index (κ2) is 4.53. The highest BCUT2D eigenvalue weighted by molar-refractivity contribution is 9.09. The molecule has 0 saturated carbocycles. The predicted octanol–water partition coefficient (Wildman–Crippen LogP) is 4.31. The van der Waals surface area contributed by atoms with Gasteiger partial charge in [-0.15, -0.1) is 0 Å². The van der Waals surface area contributed by atoms with E-state index in [2.05, 4.69) is 15.9 Å². The SMILES string of the molecule is FC(F)(F)c1cc(Cl)cc([CH]CBr)c1. The van der Waals surface area contributed by atoms with Gasteiger partial charge >= 0.3 is 6.18 Å². The smallest absolute Gasteiger partial charge is 0.166 e. The van der Waals surface area contributed by atoms with Gasteiger partial charge in [0.25, 0.3) is 0 Å². The monoisotopic (exact) mass is 285 g/mol. The third-order valence-corrected chi connectivity index (χ3v) is 2.10. The van der Waals surface area contributed by atoms with Crippen molar-refractivity contribution in [3.05, 3.63) is 40.8 Å². The third kappa shape index (κ3) is 3.17. The molecule has 0 spiro atoms. The van der Waals surface area contributed by atoms with E-state index in [1.807, 2.05) is 0 Å². The highest BCUT2D eigenvalue weighted by Gasteiger charge is 2.30. The molecule has 0 amide bonds. The van der Waals surface area contributed by atoms with Crippen molar-refractivity contribution in [3.8, 4) is 0 Å². The van der Waals surface area contributed by atoms with E-state index >= 15 is 0 Å². The first kappa shape index (κ1) is 11.9. The summed E-state index contributed by atoms with van der Waals surface area (Å²) in [4.78, 5) is 0. The number of hydrogen-bond donors (Lipinski definition) is 0. The van der Waals surface area contributed by atoms with Crippen molar-refractivity contribution >= 4 is 27.5 Å². The maximum absolute atomic E-state index is 12.3. The quantitative estimate of drug-likeness (QED) is 0.711. The molecule has 1 aromatic carbocycles. The van der Waals surface area contributed by atoms with Crippen LogP contribution in [-0.4, -0.2) is 5.33 Å². The Morgan fingerprint density at radius 1 is 1.29 bits per heavy atom. The molecule has 0 saturated heterocycles. The van der Waals surface area contributed by atoms with E-state index in [0.29, 0.717) is 10.9 Å². The molecule has 0 aromatic heterocycles. The van der Waals surface area contributed by atoms with Gasteiger partial charge < -0.3 is 0 Å². The molecule has 14 heavy (non-hydrogen) atoms. The molecule has 0 nitrogen and oxygen atoms in total. The predicted molar refractivity (Wildman–Crippen MR) is 53.7 cm³/mol. The molecule has 77 valence electrons. The van der Waals surface area contributed by atoms with Gasteiger partial charge in [0.1, 0.15) is 0 Å². The fourth-order valence-electron chi connectivity index (χ4n) is 0.983. The van der Waals surface area contributed by atoms with E-state index in [-0.39, 0.29) is 5.02 Å². The zero-order chi connectivity index (χ0) is 10.8. The average Bonchev–Trinajstić information content (AvgIpc) is 2.02. The summed E-state index contributed by atoms with van der Waals surface area (Å²) in [5.74, 6) is 0. The van der Waals surface area contributed by atoms with Crippen molar-refractivity contribution in [1.82, 2.24) is 0 Å². The molecular formula is C9H6BrClF3. The van der Waals surface area contributed by atoms with Crippen molar-refractivity contribution in [2.45, 2.75) is 6.18 Å². The molecule has 1 radical (unpaired) electrons. The third-order valence-electron chi connectivity index (χ3n) is 1.56. The average molecular weight is 286 g/mol. The van der Waals surface area contributed by atoms with Crippen molar-refractivity contribution in [3.63, 3.8) is 0 Å². The van der Waals surface area contributed by atoms with Gasteiger partial charge in [-0.2, -0.15) is 13.2 Å². The van der Waals surface area contributed by atoms with Crippen LogP contribution in [0.1, 0.15) is 11.1 Å². The van der Waals surface area contributed by atoms with Crippen LogP contribution in [0.5, 0.6) is 0 Å². The van der Waals surface area contributed by atoms with Gasteiger partial charge in [0.15, 0.2) is 0 Å². The molecule has 0 atom stereocenters. The number of hydrogen-bond acceptors (Lipinski definition) is 0. The Balaban J connectivity index is 3.07. The van der Waals surface area contributed by atoms with Crippen LogP contribution in [0.2, 0.25) is 5.02 Å². The van der Waals surface area contributed by atoms with Crippen molar-refractivity contribution in [1.29, 1.82) is 0 Å². The molecule has 0 aliphatic rings. The molecule has 0 fully saturated rings. The Morgan fingerprint density at radius 2 is 1.93 bits per heavy atom. The lowest BCUT2D eigenvalue weighted by atomic mass is 10.1. The van der Waals surface area contributed by atoms with Gasteiger partial charge in [-0.25, -0.2) is 0 Å². The number of rotatable bonds is 2. The van der Waals surface area contributed by atoms with E-state index in [4.69, 9.17) is 11.6 Å². The Kier molecular flexibility index (Phi) is 3.84. The summed E-state index contributed by atoms with van der Waals surface area (Å²) in [6.45, 7) is 0. The maximum Gasteiger partial charge on any atom is 0.416 e. The topological polar surface area (TPSA) is 0 Å². The minimum absolute atomic E-state index is 0.0898. The van der Waals surface area contributed by atoms with E-state index in [9.17, 15) is 13.2 Å². The summed E-state index contributed by atoms with van der Waals surface area (Å²) in [5, 5.41) is 0.581. The highest BCUT2D eigenvalue weighted by Crippen LogP contribution is 2.32. The van der Waals surface area contributed by atoms with Gasteiger partial charge in [-0.05, 0) is 23.8 Å². The van der Waals surface area contributed by atoms with Gasteiger partial charge in [0.2, 0.25) is 0 Å². The van der Waals surface area contributed by atoms with Crippen LogP contribution in [0.3, 0.4) is 0 Å². The number of benzene rings is 1. The zero-order valence-electron chi connectivity index (χ0n) is 6.91. The number of alkyl halides is 4. The molecule has 0 unspecified atom stereocenters. The highest BCUT2D eigenvalue weighted by atomic mass is 79.9. The lowest BCUT2D eigenvalue weighted by Gasteiger charge is -2.08. The van der Waals surface area contributed by atoms with Gasteiger partial charge in [0, 0.05) is 16.8 Å². The molecule has 0 N–H and O–H groups in total. The first-order chi connectivity index (χ1) is 6.43. The van der Waals surface area contributed by atoms with E-state index in [1.165, 1.54) is 6.07 Å². The summed E-state index contributed by atoms with van der Waals surface area (Å²) in [7, 11) is 0. The molecule has 0 bridgehead atoms. The standard InChI is InChI=1S/C9H6BrClF3/c10-2-1-6-3-7(9(12,13)14)5-8(11)4-6/h1,3-5H,2H2. The van der Waals surface area contributed by atoms with Gasteiger partial charge in [0.05, 0.1) is 5.56 Å². The molecule has 1 aromatic rings. The normalized spacial score (nSPS) is 11.8. The summed E-state index contributed by atoms with van der Waals surface area (Å²) in [6.07, 6.45) is -2.74.